The van der Waals surface area contributed by atoms with Crippen molar-refractivity contribution >= 4 is 5.91 Å². The zero-order chi connectivity index (χ0) is 16.9. The highest BCUT2D eigenvalue weighted by Crippen LogP contribution is 2.21. The summed E-state index contributed by atoms with van der Waals surface area (Å²) < 4.78 is 5.46. The SMILES string of the molecule is COc1ccccc1C[NH+]1CCC(C(=O)N2CCC(C)CC2)CC1. The standard InChI is InChI=1S/C20H30N2O2/c1-16-7-13-22(14-8-16)20(23)17-9-11-21(12-10-17)15-18-5-3-4-6-19(18)24-2/h3-6,16-17H,7-15H2,1-2H3/p+1. The van der Waals surface area contributed by atoms with Crippen molar-refractivity contribution in [2.24, 2.45) is 11.8 Å². The van der Waals surface area contributed by atoms with Crippen LogP contribution in [0.25, 0.3) is 0 Å². The summed E-state index contributed by atoms with van der Waals surface area (Å²) in [5, 5.41) is 0. The Morgan fingerprint density at radius 1 is 1.17 bits per heavy atom. The molecular formula is C20H31N2O2+. The van der Waals surface area contributed by atoms with Crippen molar-refractivity contribution in [3.63, 3.8) is 0 Å². The number of hydrogen-bond acceptors (Lipinski definition) is 2. The van der Waals surface area contributed by atoms with Gasteiger partial charge in [-0.15, -0.1) is 0 Å². The number of nitrogens with zero attached hydrogens (tertiary/aromatic N) is 1. The molecule has 132 valence electrons. The van der Waals surface area contributed by atoms with Crippen LogP contribution in [0.3, 0.4) is 0 Å². The molecule has 0 aliphatic carbocycles. The molecule has 2 fully saturated rings. The summed E-state index contributed by atoms with van der Waals surface area (Å²) in [4.78, 5) is 16.4. The molecule has 0 aromatic heterocycles. The molecule has 0 spiro atoms. The van der Waals surface area contributed by atoms with Crippen molar-refractivity contribution in [2.45, 2.75) is 39.2 Å². The average Bonchev–Trinajstić information content (AvgIpc) is 2.63. The number of methoxy groups -OCH3 is 1. The van der Waals surface area contributed by atoms with Crippen molar-refractivity contribution in [3.05, 3.63) is 29.8 Å². The van der Waals surface area contributed by atoms with E-state index in [2.05, 4.69) is 24.0 Å². The molecule has 0 bridgehead atoms. The van der Waals surface area contributed by atoms with E-state index in [9.17, 15) is 4.79 Å². The molecule has 2 aliphatic rings. The smallest absolute Gasteiger partial charge is 0.226 e. The summed E-state index contributed by atoms with van der Waals surface area (Å²) in [7, 11) is 1.73. The maximum absolute atomic E-state index is 12.7. The van der Waals surface area contributed by atoms with Gasteiger partial charge in [-0.1, -0.05) is 19.1 Å². The minimum Gasteiger partial charge on any atom is -0.496 e. The summed E-state index contributed by atoms with van der Waals surface area (Å²) in [5.74, 6) is 2.42. The molecule has 1 aromatic rings. The van der Waals surface area contributed by atoms with Crippen LogP contribution in [0.2, 0.25) is 0 Å². The number of piperidine rings is 2. The lowest BCUT2D eigenvalue weighted by atomic mass is 9.92. The first-order chi connectivity index (χ1) is 11.7. The number of carbonyl (C=O) groups excluding carboxylic acids is 1. The Morgan fingerprint density at radius 3 is 2.50 bits per heavy atom. The lowest BCUT2D eigenvalue weighted by molar-refractivity contribution is -0.919. The highest BCUT2D eigenvalue weighted by atomic mass is 16.5. The monoisotopic (exact) mass is 331 g/mol. The van der Waals surface area contributed by atoms with E-state index in [-0.39, 0.29) is 5.92 Å². The maximum Gasteiger partial charge on any atom is 0.226 e. The molecule has 2 heterocycles. The summed E-state index contributed by atoms with van der Waals surface area (Å²) in [6.07, 6.45) is 4.39. The molecule has 24 heavy (non-hydrogen) atoms. The zero-order valence-corrected chi connectivity index (χ0v) is 15.1. The third-order valence-electron chi connectivity index (χ3n) is 5.77. The van der Waals surface area contributed by atoms with Crippen LogP contribution in [-0.2, 0) is 11.3 Å². The van der Waals surface area contributed by atoms with Crippen LogP contribution in [0.5, 0.6) is 5.75 Å². The van der Waals surface area contributed by atoms with E-state index in [1.165, 1.54) is 18.4 Å². The van der Waals surface area contributed by atoms with Crippen LogP contribution in [0, 0.1) is 11.8 Å². The summed E-state index contributed by atoms with van der Waals surface area (Å²) in [6.45, 7) is 7.38. The lowest BCUT2D eigenvalue weighted by Gasteiger charge is -2.35. The molecule has 1 aromatic carbocycles. The Hall–Kier alpha value is -1.55. The fourth-order valence-corrected chi connectivity index (χ4v) is 4.06. The Labute approximate surface area is 145 Å². The number of benzene rings is 1. The van der Waals surface area contributed by atoms with Gasteiger partial charge in [-0.3, -0.25) is 4.79 Å². The van der Waals surface area contributed by atoms with Crippen molar-refractivity contribution in [1.82, 2.24) is 4.90 Å². The fourth-order valence-electron chi connectivity index (χ4n) is 4.06. The average molecular weight is 331 g/mol. The number of para-hydroxylation sites is 1. The quantitative estimate of drug-likeness (QED) is 0.912. The van der Waals surface area contributed by atoms with Gasteiger partial charge in [-0.05, 0) is 30.9 Å². The number of carbonyl (C=O) groups is 1. The van der Waals surface area contributed by atoms with Gasteiger partial charge in [0.2, 0.25) is 5.91 Å². The first-order valence-corrected chi connectivity index (χ1v) is 9.41. The molecule has 0 saturated carbocycles. The Bertz CT molecular complexity index is 544. The molecule has 0 atom stereocenters. The molecular weight excluding hydrogens is 300 g/mol. The van der Waals surface area contributed by atoms with Crippen molar-refractivity contribution in [2.75, 3.05) is 33.3 Å². The van der Waals surface area contributed by atoms with E-state index in [0.717, 1.165) is 57.2 Å². The normalized spacial score (nSPS) is 25.5. The number of rotatable bonds is 4. The summed E-state index contributed by atoms with van der Waals surface area (Å²) in [6, 6.07) is 8.27. The van der Waals surface area contributed by atoms with Crippen LogP contribution in [0.4, 0.5) is 0 Å². The van der Waals surface area contributed by atoms with E-state index >= 15 is 0 Å². The van der Waals surface area contributed by atoms with E-state index < -0.39 is 0 Å². The third-order valence-corrected chi connectivity index (χ3v) is 5.77. The van der Waals surface area contributed by atoms with E-state index in [0.29, 0.717) is 5.91 Å². The first kappa shape index (κ1) is 17.3. The highest BCUT2D eigenvalue weighted by molar-refractivity contribution is 5.79. The topological polar surface area (TPSA) is 34.0 Å². The predicted molar refractivity (Wildman–Crippen MR) is 95.1 cm³/mol. The van der Waals surface area contributed by atoms with Gasteiger partial charge in [-0.25, -0.2) is 0 Å². The third kappa shape index (κ3) is 4.10. The van der Waals surface area contributed by atoms with Crippen LogP contribution in [0.1, 0.15) is 38.2 Å². The number of likely N-dealkylation sites (tertiary alicyclic amines) is 2. The second kappa shape index (κ2) is 8.02. The Morgan fingerprint density at radius 2 is 1.83 bits per heavy atom. The second-order valence-corrected chi connectivity index (χ2v) is 7.52. The molecule has 2 saturated heterocycles. The molecule has 1 amide bonds. The minimum absolute atomic E-state index is 0.250. The fraction of sp³-hybridized carbons (Fsp3) is 0.650. The predicted octanol–water partition coefficient (Wildman–Crippen LogP) is 1.75. The van der Waals surface area contributed by atoms with Crippen LogP contribution < -0.4 is 9.64 Å². The van der Waals surface area contributed by atoms with Crippen molar-refractivity contribution in [1.29, 1.82) is 0 Å². The van der Waals surface area contributed by atoms with Crippen molar-refractivity contribution < 1.29 is 14.4 Å². The zero-order valence-electron chi connectivity index (χ0n) is 15.1. The van der Waals surface area contributed by atoms with Gasteiger partial charge in [-0.2, -0.15) is 0 Å². The molecule has 3 rings (SSSR count). The van der Waals surface area contributed by atoms with Gasteiger partial charge >= 0.3 is 0 Å². The number of hydrogen-bond donors (Lipinski definition) is 1. The van der Waals surface area contributed by atoms with Crippen LogP contribution in [-0.4, -0.2) is 44.1 Å². The number of nitrogens with one attached hydrogen (secondary N) is 1. The van der Waals surface area contributed by atoms with Gasteiger partial charge in [0, 0.05) is 37.4 Å². The lowest BCUT2D eigenvalue weighted by Crippen LogP contribution is -3.11. The highest BCUT2D eigenvalue weighted by Gasteiger charge is 2.32. The van der Waals surface area contributed by atoms with Crippen LogP contribution >= 0.6 is 0 Å². The Kier molecular flexibility index (Phi) is 5.77. The first-order valence-electron chi connectivity index (χ1n) is 9.41. The van der Waals surface area contributed by atoms with Crippen molar-refractivity contribution in [3.8, 4) is 5.75 Å². The van der Waals surface area contributed by atoms with Gasteiger partial charge < -0.3 is 14.5 Å². The molecule has 2 aliphatic heterocycles. The largest absolute Gasteiger partial charge is 0.496 e. The maximum atomic E-state index is 12.7. The molecule has 0 unspecified atom stereocenters. The number of amides is 1. The second-order valence-electron chi connectivity index (χ2n) is 7.52. The number of ether oxygens (including phenoxy) is 1. The summed E-state index contributed by atoms with van der Waals surface area (Å²) >= 11 is 0. The van der Waals surface area contributed by atoms with Gasteiger partial charge in [0.1, 0.15) is 12.3 Å². The molecule has 4 nitrogen and oxygen atoms in total. The Balaban J connectivity index is 1.49. The molecule has 4 heteroatoms. The van der Waals surface area contributed by atoms with E-state index in [1.54, 1.807) is 12.0 Å². The van der Waals surface area contributed by atoms with E-state index in [1.807, 2.05) is 12.1 Å². The van der Waals surface area contributed by atoms with E-state index in [4.69, 9.17) is 4.74 Å². The van der Waals surface area contributed by atoms with Gasteiger partial charge in [0.25, 0.3) is 0 Å². The van der Waals surface area contributed by atoms with Crippen LogP contribution in [0.15, 0.2) is 24.3 Å². The van der Waals surface area contributed by atoms with Gasteiger partial charge in [0.05, 0.1) is 20.2 Å². The number of quaternary nitrogens is 1. The molecule has 0 radical (unpaired) electrons. The summed E-state index contributed by atoms with van der Waals surface area (Å²) in [5.41, 5.74) is 1.27. The minimum atomic E-state index is 0.250. The van der Waals surface area contributed by atoms with Gasteiger partial charge in [0.15, 0.2) is 0 Å². The molecule has 1 N–H and O–H groups in total.